The molecule has 0 spiro atoms. The first kappa shape index (κ1) is 10.5. The van der Waals surface area contributed by atoms with Crippen molar-refractivity contribution >= 4 is 39.8 Å². The number of carbonyl (C=O) groups is 1. The van der Waals surface area contributed by atoms with Crippen LogP contribution in [0.4, 0.5) is 0 Å². The molecule has 1 heterocycles. The Morgan fingerprint density at radius 1 is 1.85 bits per heavy atom. The summed E-state index contributed by atoms with van der Waals surface area (Å²) in [6.07, 6.45) is 5.12. The molecule has 0 N–H and O–H groups in total. The van der Waals surface area contributed by atoms with Crippen LogP contribution in [0.25, 0.3) is 0 Å². The molecule has 1 aromatic rings. The van der Waals surface area contributed by atoms with Gasteiger partial charge in [-0.25, -0.2) is 0 Å². The van der Waals surface area contributed by atoms with Crippen LogP contribution in [0.3, 0.4) is 0 Å². The summed E-state index contributed by atoms with van der Waals surface area (Å²) in [5.41, 5.74) is 0. The lowest BCUT2D eigenvalue weighted by Gasteiger charge is -2.12. The monoisotopic (exact) mass is 305 g/mol. The zero-order valence-corrected chi connectivity index (χ0v) is 10.1. The fraction of sp³-hybridized carbons (Fsp3) is 0.222. The Morgan fingerprint density at radius 2 is 2.54 bits per heavy atom. The van der Waals surface area contributed by atoms with E-state index in [0.717, 1.165) is 8.45 Å². The Labute approximate surface area is 95.1 Å². The number of amides is 1. The minimum absolute atomic E-state index is 0.00245. The number of thiophene rings is 1. The number of carbonyl (C=O) groups excluding carboxylic acids is 1. The summed E-state index contributed by atoms with van der Waals surface area (Å²) in [4.78, 5) is 14.0. The van der Waals surface area contributed by atoms with Crippen LogP contribution in [0, 0.1) is 15.9 Å². The molecule has 0 unspecified atom stereocenters. The maximum Gasteiger partial charge on any atom is 0.265 e. The Hall–Kier alpha value is -0.540. The van der Waals surface area contributed by atoms with Gasteiger partial charge in [0.25, 0.3) is 5.91 Å². The molecule has 0 aliphatic rings. The van der Waals surface area contributed by atoms with Gasteiger partial charge in [0.2, 0.25) is 0 Å². The first-order valence-electron chi connectivity index (χ1n) is 3.58. The van der Waals surface area contributed by atoms with Gasteiger partial charge in [0, 0.05) is 10.6 Å². The highest BCUT2D eigenvalue weighted by Gasteiger charge is 2.14. The molecule has 0 saturated carbocycles. The van der Waals surface area contributed by atoms with Gasteiger partial charge in [-0.15, -0.1) is 17.8 Å². The topological polar surface area (TPSA) is 20.3 Å². The van der Waals surface area contributed by atoms with E-state index >= 15 is 0 Å². The molecule has 0 bridgehead atoms. The molecule has 0 saturated heterocycles. The Morgan fingerprint density at radius 3 is 3.00 bits per heavy atom. The summed E-state index contributed by atoms with van der Waals surface area (Å²) in [6.45, 7) is 0.354. The van der Waals surface area contributed by atoms with E-state index in [2.05, 4.69) is 28.5 Å². The number of rotatable bonds is 2. The molecule has 68 valence electrons. The second kappa shape index (κ2) is 4.63. The minimum atomic E-state index is -0.00245. The lowest BCUT2D eigenvalue weighted by atomic mass is 10.4. The SMILES string of the molecule is C#CCN(C)C(=O)c1sccc1I. The number of terminal acetylenes is 1. The fourth-order valence-electron chi connectivity index (χ4n) is 0.828. The van der Waals surface area contributed by atoms with Crippen LogP contribution < -0.4 is 0 Å². The normalized spacial score (nSPS) is 9.31. The molecule has 0 aromatic carbocycles. The van der Waals surface area contributed by atoms with Gasteiger partial charge in [0.1, 0.15) is 4.88 Å². The predicted molar refractivity (Wildman–Crippen MR) is 62.8 cm³/mol. The first-order valence-corrected chi connectivity index (χ1v) is 5.54. The van der Waals surface area contributed by atoms with Crippen molar-refractivity contribution in [2.45, 2.75) is 0 Å². The first-order chi connectivity index (χ1) is 6.16. The van der Waals surface area contributed by atoms with E-state index in [9.17, 15) is 4.79 Å². The van der Waals surface area contributed by atoms with Gasteiger partial charge in [-0.3, -0.25) is 4.79 Å². The smallest absolute Gasteiger partial charge is 0.265 e. The Kier molecular flexibility index (Phi) is 3.75. The second-order valence-corrected chi connectivity index (χ2v) is 4.54. The van der Waals surface area contributed by atoms with Crippen molar-refractivity contribution in [3.63, 3.8) is 0 Å². The Bertz CT molecular complexity index is 353. The largest absolute Gasteiger partial charge is 0.330 e. The zero-order chi connectivity index (χ0) is 9.84. The van der Waals surface area contributed by atoms with E-state index in [1.807, 2.05) is 11.4 Å². The van der Waals surface area contributed by atoms with E-state index in [0.29, 0.717) is 6.54 Å². The summed E-state index contributed by atoms with van der Waals surface area (Å²) < 4.78 is 0.983. The van der Waals surface area contributed by atoms with Gasteiger partial charge >= 0.3 is 0 Å². The zero-order valence-electron chi connectivity index (χ0n) is 7.08. The van der Waals surface area contributed by atoms with Gasteiger partial charge in [-0.05, 0) is 34.0 Å². The molecule has 13 heavy (non-hydrogen) atoms. The van der Waals surface area contributed by atoms with Crippen molar-refractivity contribution in [1.29, 1.82) is 0 Å². The molecule has 0 atom stereocenters. The van der Waals surface area contributed by atoms with Gasteiger partial charge in [-0.2, -0.15) is 0 Å². The fourth-order valence-corrected chi connectivity index (χ4v) is 2.64. The molecule has 1 rings (SSSR count). The molecule has 1 amide bonds. The van der Waals surface area contributed by atoms with Crippen molar-refractivity contribution in [1.82, 2.24) is 4.90 Å². The van der Waals surface area contributed by atoms with Gasteiger partial charge in [0.15, 0.2) is 0 Å². The number of nitrogens with zero attached hydrogens (tertiary/aromatic N) is 1. The molecular formula is C9H8INOS. The third-order valence-electron chi connectivity index (χ3n) is 1.49. The van der Waals surface area contributed by atoms with Crippen molar-refractivity contribution in [3.8, 4) is 12.3 Å². The highest BCUT2D eigenvalue weighted by Crippen LogP contribution is 2.19. The lowest BCUT2D eigenvalue weighted by molar-refractivity contribution is 0.0816. The van der Waals surface area contributed by atoms with E-state index in [1.165, 1.54) is 16.2 Å². The highest BCUT2D eigenvalue weighted by molar-refractivity contribution is 14.1. The van der Waals surface area contributed by atoms with Crippen molar-refractivity contribution in [2.75, 3.05) is 13.6 Å². The third-order valence-corrected chi connectivity index (χ3v) is 3.65. The second-order valence-electron chi connectivity index (χ2n) is 2.46. The standard InChI is InChI=1S/C9H8INOS/c1-3-5-11(2)9(12)8-7(10)4-6-13-8/h1,4,6H,5H2,2H3. The van der Waals surface area contributed by atoms with Crippen LogP contribution in [0.15, 0.2) is 11.4 Å². The molecule has 0 fully saturated rings. The molecule has 0 aliphatic heterocycles. The molecule has 2 nitrogen and oxygen atoms in total. The predicted octanol–water partition coefficient (Wildman–Crippen LogP) is 2.06. The van der Waals surface area contributed by atoms with Crippen LogP contribution in [0.1, 0.15) is 9.67 Å². The maximum absolute atomic E-state index is 11.7. The van der Waals surface area contributed by atoms with Crippen LogP contribution in [0.5, 0.6) is 0 Å². The summed E-state index contributed by atoms with van der Waals surface area (Å²) in [5.74, 6) is 2.43. The average Bonchev–Trinajstić information content (AvgIpc) is 2.50. The number of hydrogen-bond donors (Lipinski definition) is 0. The van der Waals surface area contributed by atoms with Crippen LogP contribution in [0.2, 0.25) is 0 Å². The third kappa shape index (κ3) is 2.45. The van der Waals surface area contributed by atoms with Gasteiger partial charge < -0.3 is 4.90 Å². The van der Waals surface area contributed by atoms with Crippen LogP contribution >= 0.6 is 33.9 Å². The van der Waals surface area contributed by atoms with Gasteiger partial charge in [0.05, 0.1) is 6.54 Å². The maximum atomic E-state index is 11.7. The number of hydrogen-bond acceptors (Lipinski definition) is 2. The molecule has 4 heteroatoms. The Balaban J connectivity index is 2.81. The highest BCUT2D eigenvalue weighted by atomic mass is 127. The number of halogens is 1. The van der Waals surface area contributed by atoms with E-state index in [-0.39, 0.29) is 5.91 Å². The van der Waals surface area contributed by atoms with Crippen molar-refractivity contribution in [2.24, 2.45) is 0 Å². The summed E-state index contributed by atoms with van der Waals surface area (Å²) >= 11 is 3.59. The quantitative estimate of drug-likeness (QED) is 0.605. The minimum Gasteiger partial charge on any atom is -0.330 e. The van der Waals surface area contributed by atoms with Crippen molar-refractivity contribution in [3.05, 3.63) is 19.9 Å². The van der Waals surface area contributed by atoms with E-state index < -0.39 is 0 Å². The van der Waals surface area contributed by atoms with Crippen LogP contribution in [-0.4, -0.2) is 24.4 Å². The van der Waals surface area contributed by atoms with Crippen molar-refractivity contribution < 1.29 is 4.79 Å². The molecule has 1 aromatic heterocycles. The van der Waals surface area contributed by atoms with Gasteiger partial charge in [-0.1, -0.05) is 5.92 Å². The average molecular weight is 305 g/mol. The summed E-state index contributed by atoms with van der Waals surface area (Å²) in [5, 5.41) is 1.90. The van der Waals surface area contributed by atoms with E-state index in [1.54, 1.807) is 7.05 Å². The molecular weight excluding hydrogens is 297 g/mol. The molecule has 0 aliphatic carbocycles. The molecule has 0 radical (unpaired) electrons. The summed E-state index contributed by atoms with van der Waals surface area (Å²) in [6, 6.07) is 1.92. The lowest BCUT2D eigenvalue weighted by Crippen LogP contribution is -2.26. The van der Waals surface area contributed by atoms with Crippen LogP contribution in [-0.2, 0) is 0 Å². The summed E-state index contributed by atoms with van der Waals surface area (Å²) in [7, 11) is 1.71. The van der Waals surface area contributed by atoms with E-state index in [4.69, 9.17) is 6.42 Å².